The van der Waals surface area contributed by atoms with Gasteiger partial charge in [-0.05, 0) is 18.6 Å². The van der Waals surface area contributed by atoms with Gasteiger partial charge in [0.1, 0.15) is 5.82 Å². The summed E-state index contributed by atoms with van der Waals surface area (Å²) in [4.78, 5) is 15.9. The Morgan fingerprint density at radius 2 is 2.00 bits per heavy atom. The number of hydrogen-bond acceptors (Lipinski definition) is 6. The number of ether oxygens (including phenoxy) is 2. The Labute approximate surface area is 129 Å². The summed E-state index contributed by atoms with van der Waals surface area (Å²) < 4.78 is 12.0. The van der Waals surface area contributed by atoms with Crippen molar-refractivity contribution in [2.45, 2.75) is 19.1 Å². The molecule has 1 aromatic heterocycles. The molecular formula is C15H23N3O4. The summed E-state index contributed by atoms with van der Waals surface area (Å²) in [6.07, 6.45) is 0.614. The smallest absolute Gasteiger partial charge is 0.349 e. The van der Waals surface area contributed by atoms with E-state index in [1.165, 1.54) is 0 Å². The molecule has 1 heterocycles. The van der Waals surface area contributed by atoms with Crippen LogP contribution in [0.2, 0.25) is 0 Å². The van der Waals surface area contributed by atoms with Crippen molar-refractivity contribution in [1.82, 2.24) is 9.55 Å². The van der Waals surface area contributed by atoms with E-state index in [2.05, 4.69) is 4.98 Å². The molecule has 0 bridgehead atoms. The first kappa shape index (κ1) is 18.1. The van der Waals surface area contributed by atoms with Gasteiger partial charge in [0.15, 0.2) is 0 Å². The third-order valence-corrected chi connectivity index (χ3v) is 3.28. The van der Waals surface area contributed by atoms with E-state index in [9.17, 15) is 4.79 Å². The van der Waals surface area contributed by atoms with E-state index in [4.69, 9.17) is 20.3 Å². The highest BCUT2D eigenvalue weighted by molar-refractivity contribution is 5.87. The third kappa shape index (κ3) is 4.27. The van der Waals surface area contributed by atoms with Gasteiger partial charge in [0, 0.05) is 33.3 Å². The predicted octanol–water partition coefficient (Wildman–Crippen LogP) is 0.639. The number of aromatic nitrogens is 2. The number of para-hydroxylation sites is 1. The van der Waals surface area contributed by atoms with E-state index in [0.29, 0.717) is 19.6 Å². The Morgan fingerprint density at radius 3 is 2.64 bits per heavy atom. The van der Waals surface area contributed by atoms with Gasteiger partial charge in [-0.15, -0.1) is 0 Å². The molecule has 7 nitrogen and oxygen atoms in total. The van der Waals surface area contributed by atoms with Crippen LogP contribution in [0.15, 0.2) is 29.1 Å². The SMILES string of the molecule is CO.COCC(CCn1c(=O)nc(N)c2ccccc21)OC. The first-order valence-electron chi connectivity index (χ1n) is 6.89. The number of nitrogen functional groups attached to an aromatic ring is 1. The third-order valence-electron chi connectivity index (χ3n) is 3.28. The van der Waals surface area contributed by atoms with Crippen LogP contribution in [0.4, 0.5) is 5.82 Å². The minimum Gasteiger partial charge on any atom is -0.400 e. The molecule has 2 rings (SSSR count). The Kier molecular flexibility index (Phi) is 7.51. The lowest BCUT2D eigenvalue weighted by atomic mass is 10.2. The number of anilines is 1. The molecule has 0 spiro atoms. The van der Waals surface area contributed by atoms with Crippen molar-refractivity contribution in [1.29, 1.82) is 0 Å². The Balaban J connectivity index is 0.00000116. The molecule has 2 aromatic rings. The molecule has 0 aliphatic rings. The van der Waals surface area contributed by atoms with Crippen molar-refractivity contribution >= 4 is 16.7 Å². The molecule has 0 aliphatic carbocycles. The minimum absolute atomic E-state index is 0.0526. The fourth-order valence-corrected chi connectivity index (χ4v) is 2.20. The van der Waals surface area contributed by atoms with E-state index in [1.54, 1.807) is 18.8 Å². The zero-order valence-electron chi connectivity index (χ0n) is 13.2. The molecule has 1 aromatic carbocycles. The van der Waals surface area contributed by atoms with Gasteiger partial charge in [-0.3, -0.25) is 4.57 Å². The van der Waals surface area contributed by atoms with Crippen LogP contribution in [-0.2, 0) is 16.0 Å². The van der Waals surface area contributed by atoms with Crippen LogP contribution < -0.4 is 11.4 Å². The average molecular weight is 309 g/mol. The molecule has 0 fully saturated rings. The highest BCUT2D eigenvalue weighted by Crippen LogP contribution is 2.17. The van der Waals surface area contributed by atoms with Crippen molar-refractivity contribution in [3.63, 3.8) is 0 Å². The average Bonchev–Trinajstić information content (AvgIpc) is 2.55. The highest BCUT2D eigenvalue weighted by atomic mass is 16.5. The van der Waals surface area contributed by atoms with Gasteiger partial charge in [0.25, 0.3) is 0 Å². The summed E-state index contributed by atoms with van der Waals surface area (Å²) in [7, 11) is 4.25. The van der Waals surface area contributed by atoms with E-state index < -0.39 is 0 Å². The maximum absolute atomic E-state index is 12.0. The summed E-state index contributed by atoms with van der Waals surface area (Å²) in [5.74, 6) is 0.266. The molecular weight excluding hydrogens is 286 g/mol. The number of nitrogens with two attached hydrogens (primary N) is 1. The van der Waals surface area contributed by atoms with E-state index in [0.717, 1.165) is 18.0 Å². The predicted molar refractivity (Wildman–Crippen MR) is 85.8 cm³/mol. The van der Waals surface area contributed by atoms with Gasteiger partial charge in [-0.1, -0.05) is 12.1 Å². The minimum atomic E-state index is -0.339. The number of rotatable bonds is 6. The lowest BCUT2D eigenvalue weighted by Crippen LogP contribution is -2.28. The molecule has 3 N–H and O–H groups in total. The van der Waals surface area contributed by atoms with E-state index in [-0.39, 0.29) is 17.6 Å². The molecule has 122 valence electrons. The first-order chi connectivity index (χ1) is 10.7. The standard InChI is InChI=1S/C14H19N3O3.CH4O/c1-19-9-10(20-2)7-8-17-12-6-4-3-5-11(12)13(15)16-14(17)18;1-2/h3-6,10H,7-9H2,1-2H3,(H2,15,16,18);2H,1H3. The normalized spacial score (nSPS) is 11.8. The van der Waals surface area contributed by atoms with Crippen LogP contribution in [0.3, 0.4) is 0 Å². The van der Waals surface area contributed by atoms with Gasteiger partial charge in [-0.2, -0.15) is 4.98 Å². The molecule has 1 atom stereocenters. The lowest BCUT2D eigenvalue weighted by Gasteiger charge is -2.16. The topological polar surface area (TPSA) is 99.6 Å². The van der Waals surface area contributed by atoms with Crippen molar-refractivity contribution < 1.29 is 14.6 Å². The number of aliphatic hydroxyl groups is 1. The van der Waals surface area contributed by atoms with E-state index >= 15 is 0 Å². The lowest BCUT2D eigenvalue weighted by molar-refractivity contribution is 0.0211. The second-order valence-corrected chi connectivity index (χ2v) is 4.55. The number of benzene rings is 1. The zero-order chi connectivity index (χ0) is 16.5. The summed E-state index contributed by atoms with van der Waals surface area (Å²) in [6, 6.07) is 7.47. The van der Waals surface area contributed by atoms with Crippen LogP contribution >= 0.6 is 0 Å². The first-order valence-corrected chi connectivity index (χ1v) is 6.89. The maximum Gasteiger partial charge on any atom is 0.349 e. The van der Waals surface area contributed by atoms with Crippen molar-refractivity contribution in [3.05, 3.63) is 34.7 Å². The molecule has 0 aliphatic heterocycles. The van der Waals surface area contributed by atoms with Crippen molar-refractivity contribution in [3.8, 4) is 0 Å². The van der Waals surface area contributed by atoms with Gasteiger partial charge in [-0.25, -0.2) is 4.79 Å². The summed E-state index contributed by atoms with van der Waals surface area (Å²) in [5, 5.41) is 7.79. The van der Waals surface area contributed by atoms with Crippen LogP contribution in [-0.4, -0.2) is 48.7 Å². The Bertz CT molecular complexity index is 642. The van der Waals surface area contributed by atoms with Crippen LogP contribution in [0.5, 0.6) is 0 Å². The molecule has 0 saturated carbocycles. The fraction of sp³-hybridized carbons (Fsp3) is 0.467. The maximum atomic E-state index is 12.0. The Hall–Kier alpha value is -1.96. The van der Waals surface area contributed by atoms with Crippen molar-refractivity contribution in [2.24, 2.45) is 0 Å². The molecule has 1 unspecified atom stereocenters. The number of nitrogens with zero attached hydrogens (tertiary/aromatic N) is 2. The second kappa shape index (κ2) is 9.14. The number of methoxy groups -OCH3 is 2. The number of fused-ring (bicyclic) bond motifs is 1. The molecule has 0 radical (unpaired) electrons. The monoisotopic (exact) mass is 309 g/mol. The van der Waals surface area contributed by atoms with Crippen LogP contribution in [0.25, 0.3) is 10.9 Å². The largest absolute Gasteiger partial charge is 0.400 e. The van der Waals surface area contributed by atoms with Gasteiger partial charge in [0.2, 0.25) is 0 Å². The van der Waals surface area contributed by atoms with E-state index in [1.807, 2.05) is 24.3 Å². The molecule has 22 heavy (non-hydrogen) atoms. The van der Waals surface area contributed by atoms with Crippen LogP contribution in [0.1, 0.15) is 6.42 Å². The quantitative estimate of drug-likeness (QED) is 0.812. The zero-order valence-corrected chi connectivity index (χ0v) is 13.2. The fourth-order valence-electron chi connectivity index (χ4n) is 2.20. The van der Waals surface area contributed by atoms with Gasteiger partial charge < -0.3 is 20.3 Å². The van der Waals surface area contributed by atoms with Gasteiger partial charge in [0.05, 0.1) is 18.2 Å². The van der Waals surface area contributed by atoms with Gasteiger partial charge >= 0.3 is 5.69 Å². The highest BCUT2D eigenvalue weighted by Gasteiger charge is 2.11. The van der Waals surface area contributed by atoms with Crippen LogP contribution in [0, 0.1) is 0 Å². The number of hydrogen-bond donors (Lipinski definition) is 2. The summed E-state index contributed by atoms with van der Waals surface area (Å²) in [6.45, 7) is 1.00. The molecule has 0 amide bonds. The summed E-state index contributed by atoms with van der Waals surface area (Å²) >= 11 is 0. The summed E-state index contributed by atoms with van der Waals surface area (Å²) in [5.41, 5.74) is 6.24. The molecule has 7 heteroatoms. The number of aryl methyl sites for hydroxylation is 1. The Morgan fingerprint density at radius 1 is 1.32 bits per heavy atom. The second-order valence-electron chi connectivity index (χ2n) is 4.55. The van der Waals surface area contributed by atoms with Crippen molar-refractivity contribution in [2.75, 3.05) is 33.7 Å². The molecule has 0 saturated heterocycles. The number of aliphatic hydroxyl groups excluding tert-OH is 1.